The monoisotopic (exact) mass is 469 g/mol. The van der Waals surface area contributed by atoms with Crippen LogP contribution in [0, 0.1) is 17.0 Å². The molecule has 11 heteroatoms. The van der Waals surface area contributed by atoms with Crippen LogP contribution in [-0.4, -0.2) is 32.6 Å². The average molecular weight is 469 g/mol. The van der Waals surface area contributed by atoms with Crippen LogP contribution in [0.15, 0.2) is 76.7 Å². The number of hydrazone groups is 1. The summed E-state index contributed by atoms with van der Waals surface area (Å²) in [5.74, 6) is -0.429. The fourth-order valence-electron chi connectivity index (χ4n) is 2.76. The maximum atomic E-state index is 12.6. The third kappa shape index (κ3) is 5.71. The molecule has 3 rings (SSSR count). The number of ether oxygens (including phenoxy) is 1. The van der Waals surface area contributed by atoms with E-state index in [-0.39, 0.29) is 22.1 Å². The standard InChI is InChI=1S/C22H19N3O7S/c1-15-8-10-18(13-19(15)25(27)28)33(29,30)32-20-11-9-16(12-21(20)31-2)14-23-24-22(26)17-6-4-3-5-7-17/h3-14H,1-2H3,(H,24,26). The van der Waals surface area contributed by atoms with Gasteiger partial charge < -0.3 is 8.92 Å². The molecular weight excluding hydrogens is 450 g/mol. The summed E-state index contributed by atoms with van der Waals surface area (Å²) in [4.78, 5) is 22.1. The number of methoxy groups -OCH3 is 1. The molecule has 10 nitrogen and oxygen atoms in total. The van der Waals surface area contributed by atoms with E-state index in [4.69, 9.17) is 8.92 Å². The van der Waals surface area contributed by atoms with Gasteiger partial charge in [0.15, 0.2) is 11.5 Å². The van der Waals surface area contributed by atoms with Gasteiger partial charge >= 0.3 is 10.1 Å². The lowest BCUT2D eigenvalue weighted by atomic mass is 10.2. The molecule has 3 aromatic rings. The summed E-state index contributed by atoms with van der Waals surface area (Å²) in [6.07, 6.45) is 1.35. The van der Waals surface area contributed by atoms with E-state index in [0.717, 1.165) is 6.07 Å². The Morgan fingerprint density at radius 3 is 2.45 bits per heavy atom. The van der Waals surface area contributed by atoms with Crippen molar-refractivity contribution in [3.05, 3.63) is 93.5 Å². The van der Waals surface area contributed by atoms with E-state index in [0.29, 0.717) is 16.7 Å². The summed E-state index contributed by atoms with van der Waals surface area (Å²) in [5.41, 5.74) is 3.31. The van der Waals surface area contributed by atoms with Gasteiger partial charge in [-0.25, -0.2) is 5.43 Å². The minimum atomic E-state index is -4.37. The molecule has 0 saturated carbocycles. The van der Waals surface area contributed by atoms with Crippen LogP contribution >= 0.6 is 0 Å². The van der Waals surface area contributed by atoms with Gasteiger partial charge in [-0.2, -0.15) is 13.5 Å². The zero-order chi connectivity index (χ0) is 24.0. The number of benzene rings is 3. The molecule has 3 aromatic carbocycles. The van der Waals surface area contributed by atoms with Gasteiger partial charge in [-0.05, 0) is 48.9 Å². The molecule has 0 heterocycles. The number of nitro groups is 1. The number of nitrogens with one attached hydrogen (secondary N) is 1. The molecule has 0 atom stereocenters. The van der Waals surface area contributed by atoms with Crippen LogP contribution < -0.4 is 14.3 Å². The van der Waals surface area contributed by atoms with Crippen LogP contribution in [0.2, 0.25) is 0 Å². The summed E-state index contributed by atoms with van der Waals surface area (Å²) >= 11 is 0. The van der Waals surface area contributed by atoms with Gasteiger partial charge in [0.2, 0.25) is 0 Å². The van der Waals surface area contributed by atoms with Gasteiger partial charge in [-0.1, -0.05) is 24.3 Å². The van der Waals surface area contributed by atoms with Crippen LogP contribution in [0.5, 0.6) is 11.5 Å². The van der Waals surface area contributed by atoms with Crippen molar-refractivity contribution in [2.24, 2.45) is 5.10 Å². The summed E-state index contributed by atoms with van der Waals surface area (Å²) in [7, 11) is -3.04. The normalized spacial score (nSPS) is 11.2. The topological polar surface area (TPSA) is 137 Å². The summed E-state index contributed by atoms with van der Waals surface area (Å²) in [5, 5.41) is 15.0. The zero-order valence-electron chi connectivity index (χ0n) is 17.6. The summed E-state index contributed by atoms with van der Waals surface area (Å²) < 4.78 is 35.6. The summed E-state index contributed by atoms with van der Waals surface area (Å²) in [6.45, 7) is 1.50. The second kappa shape index (κ2) is 9.92. The lowest BCUT2D eigenvalue weighted by Crippen LogP contribution is -2.17. The van der Waals surface area contributed by atoms with Crippen LogP contribution in [0.4, 0.5) is 5.69 Å². The van der Waals surface area contributed by atoms with Crippen molar-refractivity contribution < 1.29 is 27.1 Å². The molecule has 1 amide bonds. The first-order chi connectivity index (χ1) is 15.7. The van der Waals surface area contributed by atoms with E-state index in [9.17, 15) is 23.3 Å². The molecule has 0 aliphatic rings. The maximum absolute atomic E-state index is 12.6. The van der Waals surface area contributed by atoms with Gasteiger partial charge in [0.25, 0.3) is 11.6 Å². The van der Waals surface area contributed by atoms with Crippen molar-refractivity contribution in [2.75, 3.05) is 7.11 Å². The van der Waals surface area contributed by atoms with Crippen LogP contribution in [0.25, 0.3) is 0 Å². The van der Waals surface area contributed by atoms with Gasteiger partial charge in [-0.3, -0.25) is 14.9 Å². The molecule has 0 unspecified atom stereocenters. The number of nitro benzene ring substituents is 1. The van der Waals surface area contributed by atoms with E-state index in [2.05, 4.69) is 10.5 Å². The largest absolute Gasteiger partial charge is 0.493 e. The number of amides is 1. The Morgan fingerprint density at radius 2 is 1.79 bits per heavy atom. The average Bonchev–Trinajstić information content (AvgIpc) is 2.80. The highest BCUT2D eigenvalue weighted by molar-refractivity contribution is 7.87. The molecule has 0 fully saturated rings. The highest BCUT2D eigenvalue weighted by atomic mass is 32.2. The van der Waals surface area contributed by atoms with E-state index in [1.54, 1.807) is 30.3 Å². The van der Waals surface area contributed by atoms with Crippen molar-refractivity contribution in [3.63, 3.8) is 0 Å². The number of carbonyl (C=O) groups is 1. The molecule has 0 saturated heterocycles. The molecule has 0 radical (unpaired) electrons. The Balaban J connectivity index is 1.78. The van der Waals surface area contributed by atoms with Gasteiger partial charge in [0.1, 0.15) is 4.90 Å². The first kappa shape index (κ1) is 23.4. The molecule has 0 bridgehead atoms. The van der Waals surface area contributed by atoms with Crippen molar-refractivity contribution >= 4 is 27.9 Å². The summed E-state index contributed by atoms with van der Waals surface area (Å²) in [6, 6.07) is 16.3. The first-order valence-electron chi connectivity index (χ1n) is 9.47. The minimum Gasteiger partial charge on any atom is -0.493 e. The predicted molar refractivity (Wildman–Crippen MR) is 120 cm³/mol. The Bertz CT molecular complexity index is 1320. The quantitative estimate of drug-likeness (QED) is 0.231. The highest BCUT2D eigenvalue weighted by Crippen LogP contribution is 2.31. The number of aryl methyl sites for hydroxylation is 1. The van der Waals surface area contributed by atoms with Gasteiger partial charge in [0, 0.05) is 17.2 Å². The Kier molecular flexibility index (Phi) is 7.04. The maximum Gasteiger partial charge on any atom is 0.339 e. The molecule has 33 heavy (non-hydrogen) atoms. The molecule has 1 N–H and O–H groups in total. The molecule has 0 aromatic heterocycles. The number of rotatable bonds is 8. The lowest BCUT2D eigenvalue weighted by molar-refractivity contribution is -0.385. The number of nitrogens with zero attached hydrogens (tertiary/aromatic N) is 2. The molecule has 0 aliphatic carbocycles. The van der Waals surface area contributed by atoms with Crippen molar-refractivity contribution in [2.45, 2.75) is 11.8 Å². The predicted octanol–water partition coefficient (Wildman–Crippen LogP) is 3.44. The Morgan fingerprint density at radius 1 is 1.06 bits per heavy atom. The highest BCUT2D eigenvalue weighted by Gasteiger charge is 2.23. The zero-order valence-corrected chi connectivity index (χ0v) is 18.4. The Labute approximate surface area is 189 Å². The fraction of sp³-hybridized carbons (Fsp3) is 0.0909. The van der Waals surface area contributed by atoms with E-state index >= 15 is 0 Å². The number of hydrogen-bond acceptors (Lipinski definition) is 8. The van der Waals surface area contributed by atoms with E-state index < -0.39 is 20.9 Å². The number of carbonyl (C=O) groups excluding carboxylic acids is 1. The molecule has 0 spiro atoms. The van der Waals surface area contributed by atoms with Crippen molar-refractivity contribution in [3.8, 4) is 11.5 Å². The van der Waals surface area contributed by atoms with Crippen LogP contribution in [0.3, 0.4) is 0 Å². The lowest BCUT2D eigenvalue weighted by Gasteiger charge is -2.11. The number of hydrogen-bond donors (Lipinski definition) is 1. The first-order valence-corrected chi connectivity index (χ1v) is 10.9. The molecule has 0 aliphatic heterocycles. The van der Waals surface area contributed by atoms with E-state index in [1.807, 2.05) is 0 Å². The third-order valence-corrected chi connectivity index (χ3v) is 5.70. The van der Waals surface area contributed by atoms with Crippen LogP contribution in [0.1, 0.15) is 21.5 Å². The van der Waals surface area contributed by atoms with Crippen LogP contribution in [-0.2, 0) is 10.1 Å². The smallest absolute Gasteiger partial charge is 0.339 e. The Hall–Kier alpha value is -4.25. The SMILES string of the molecule is COc1cc(C=NNC(=O)c2ccccc2)ccc1OS(=O)(=O)c1ccc(C)c([N+](=O)[O-])c1. The molecular formula is C22H19N3O7S. The van der Waals surface area contributed by atoms with Gasteiger partial charge in [-0.15, -0.1) is 0 Å². The fourth-order valence-corrected chi connectivity index (χ4v) is 3.72. The molecule has 170 valence electrons. The second-order valence-electron chi connectivity index (χ2n) is 6.72. The van der Waals surface area contributed by atoms with E-state index in [1.165, 1.54) is 50.6 Å². The van der Waals surface area contributed by atoms with Crippen molar-refractivity contribution in [1.82, 2.24) is 5.43 Å². The van der Waals surface area contributed by atoms with Crippen molar-refractivity contribution in [1.29, 1.82) is 0 Å². The minimum absolute atomic E-state index is 0.0820. The third-order valence-electron chi connectivity index (χ3n) is 4.47. The second-order valence-corrected chi connectivity index (χ2v) is 8.26. The van der Waals surface area contributed by atoms with Gasteiger partial charge in [0.05, 0.1) is 18.2 Å².